The lowest BCUT2D eigenvalue weighted by atomic mass is 10.0. The summed E-state index contributed by atoms with van der Waals surface area (Å²) in [6.07, 6.45) is 3.60. The number of hydrogen-bond donors (Lipinski definition) is 2. The Morgan fingerprint density at radius 3 is 2.69 bits per heavy atom. The van der Waals surface area contributed by atoms with Crippen LogP contribution in [0.3, 0.4) is 0 Å². The van der Waals surface area contributed by atoms with Gasteiger partial charge in [-0.25, -0.2) is 4.98 Å². The standard InChI is InChI=1S/C19H22N4O3/c1-10-7-11(2)20-18(25)16(10)19(26)23-6-5-13-14(9-23)21-15(22-17(13)24)8-12-3-4-12/h7,12H,3-6,8-9H2,1-2H3,(H,20,25)(H,21,22,24). The van der Waals surface area contributed by atoms with E-state index in [1.807, 2.05) is 0 Å². The van der Waals surface area contributed by atoms with Crippen LogP contribution in [0.2, 0.25) is 0 Å². The normalized spacial score (nSPS) is 16.5. The molecule has 1 aliphatic heterocycles. The van der Waals surface area contributed by atoms with Gasteiger partial charge in [-0.3, -0.25) is 14.4 Å². The van der Waals surface area contributed by atoms with Crippen LogP contribution in [0, 0.1) is 19.8 Å². The zero-order valence-electron chi connectivity index (χ0n) is 15.0. The van der Waals surface area contributed by atoms with Crippen molar-refractivity contribution in [2.75, 3.05) is 6.54 Å². The number of fused-ring (bicyclic) bond motifs is 1. The first-order valence-corrected chi connectivity index (χ1v) is 9.03. The third-order valence-electron chi connectivity index (χ3n) is 5.17. The highest BCUT2D eigenvalue weighted by atomic mass is 16.2. The number of rotatable bonds is 3. The summed E-state index contributed by atoms with van der Waals surface area (Å²) in [6, 6.07) is 1.79. The third kappa shape index (κ3) is 3.09. The highest BCUT2D eigenvalue weighted by molar-refractivity contribution is 5.95. The molecule has 1 fully saturated rings. The second-order valence-corrected chi connectivity index (χ2v) is 7.40. The number of nitrogens with one attached hydrogen (secondary N) is 2. The first-order chi connectivity index (χ1) is 12.4. The second-order valence-electron chi connectivity index (χ2n) is 7.40. The summed E-state index contributed by atoms with van der Waals surface area (Å²) in [5, 5.41) is 0. The minimum Gasteiger partial charge on any atom is -0.332 e. The van der Waals surface area contributed by atoms with Gasteiger partial charge in [-0.2, -0.15) is 0 Å². The maximum Gasteiger partial charge on any atom is 0.261 e. The van der Waals surface area contributed by atoms with Crippen LogP contribution in [0.5, 0.6) is 0 Å². The van der Waals surface area contributed by atoms with Crippen molar-refractivity contribution in [3.63, 3.8) is 0 Å². The monoisotopic (exact) mass is 354 g/mol. The lowest BCUT2D eigenvalue weighted by Gasteiger charge is -2.28. The molecule has 26 heavy (non-hydrogen) atoms. The van der Waals surface area contributed by atoms with Crippen LogP contribution in [-0.4, -0.2) is 32.3 Å². The molecule has 2 aliphatic rings. The number of carbonyl (C=O) groups is 1. The zero-order valence-corrected chi connectivity index (χ0v) is 15.0. The quantitative estimate of drug-likeness (QED) is 0.866. The van der Waals surface area contributed by atoms with E-state index in [4.69, 9.17) is 0 Å². The maximum absolute atomic E-state index is 12.9. The van der Waals surface area contributed by atoms with Crippen molar-refractivity contribution < 1.29 is 4.79 Å². The molecule has 0 unspecified atom stereocenters. The molecule has 7 nitrogen and oxygen atoms in total. The van der Waals surface area contributed by atoms with E-state index in [1.165, 1.54) is 12.8 Å². The molecule has 0 atom stereocenters. The highest BCUT2D eigenvalue weighted by Crippen LogP contribution is 2.31. The molecule has 1 aliphatic carbocycles. The second kappa shape index (κ2) is 6.23. The summed E-state index contributed by atoms with van der Waals surface area (Å²) in [7, 11) is 0. The Bertz CT molecular complexity index is 1000. The van der Waals surface area contributed by atoms with Crippen molar-refractivity contribution in [2.24, 2.45) is 5.92 Å². The number of aromatic amines is 2. The number of H-pyrrole nitrogens is 2. The summed E-state index contributed by atoms with van der Waals surface area (Å²) in [4.78, 5) is 49.3. The lowest BCUT2D eigenvalue weighted by Crippen LogP contribution is -2.41. The molecule has 0 saturated heterocycles. The van der Waals surface area contributed by atoms with Crippen LogP contribution in [0.1, 0.15) is 51.5 Å². The first kappa shape index (κ1) is 16.8. The average Bonchev–Trinajstić information content (AvgIpc) is 3.37. The van der Waals surface area contributed by atoms with E-state index in [9.17, 15) is 14.4 Å². The van der Waals surface area contributed by atoms with Gasteiger partial charge in [0.15, 0.2) is 0 Å². The van der Waals surface area contributed by atoms with Gasteiger partial charge in [0.25, 0.3) is 17.0 Å². The van der Waals surface area contributed by atoms with Gasteiger partial charge >= 0.3 is 0 Å². The fraction of sp³-hybridized carbons (Fsp3) is 0.474. The van der Waals surface area contributed by atoms with E-state index < -0.39 is 0 Å². The van der Waals surface area contributed by atoms with Crippen molar-refractivity contribution >= 4 is 5.91 Å². The third-order valence-corrected chi connectivity index (χ3v) is 5.17. The first-order valence-electron chi connectivity index (χ1n) is 9.03. The summed E-state index contributed by atoms with van der Waals surface area (Å²) < 4.78 is 0. The average molecular weight is 354 g/mol. The smallest absolute Gasteiger partial charge is 0.261 e. The number of carbonyl (C=O) groups excluding carboxylic acids is 1. The van der Waals surface area contributed by atoms with E-state index in [1.54, 1.807) is 24.8 Å². The van der Waals surface area contributed by atoms with Gasteiger partial charge in [0.2, 0.25) is 0 Å². The van der Waals surface area contributed by atoms with Gasteiger partial charge in [-0.05, 0) is 50.7 Å². The maximum atomic E-state index is 12.9. The topological polar surface area (TPSA) is 98.9 Å². The number of hydrogen-bond acceptors (Lipinski definition) is 4. The highest BCUT2D eigenvalue weighted by Gasteiger charge is 2.29. The van der Waals surface area contributed by atoms with Crippen LogP contribution >= 0.6 is 0 Å². The van der Waals surface area contributed by atoms with E-state index in [0.717, 1.165) is 12.1 Å². The van der Waals surface area contributed by atoms with Gasteiger partial charge in [0, 0.05) is 24.2 Å². The molecule has 2 aromatic heterocycles. The van der Waals surface area contributed by atoms with Gasteiger partial charge in [0.05, 0.1) is 12.2 Å². The number of pyridine rings is 1. The Morgan fingerprint density at radius 1 is 1.23 bits per heavy atom. The molecular weight excluding hydrogens is 332 g/mol. The van der Waals surface area contributed by atoms with Crippen molar-refractivity contribution in [3.8, 4) is 0 Å². The minimum absolute atomic E-state index is 0.0953. The van der Waals surface area contributed by atoms with E-state index in [2.05, 4.69) is 15.0 Å². The predicted molar refractivity (Wildman–Crippen MR) is 96.3 cm³/mol. The Balaban J connectivity index is 1.63. The number of aromatic nitrogens is 3. The van der Waals surface area contributed by atoms with Crippen molar-refractivity contribution in [1.82, 2.24) is 19.9 Å². The molecule has 3 heterocycles. The number of amides is 1. The summed E-state index contributed by atoms with van der Waals surface area (Å²) >= 11 is 0. The van der Waals surface area contributed by atoms with E-state index >= 15 is 0 Å². The summed E-state index contributed by atoms with van der Waals surface area (Å²) in [5.74, 6) is 1.02. The Hall–Kier alpha value is -2.70. The molecule has 1 saturated carbocycles. The Kier molecular flexibility index (Phi) is 4.01. The van der Waals surface area contributed by atoms with Gasteiger partial charge in [-0.1, -0.05) is 0 Å². The van der Waals surface area contributed by atoms with Crippen molar-refractivity contribution in [1.29, 1.82) is 0 Å². The molecule has 0 spiro atoms. The van der Waals surface area contributed by atoms with Crippen molar-refractivity contribution in [2.45, 2.75) is 46.1 Å². The van der Waals surface area contributed by atoms with Crippen molar-refractivity contribution in [3.05, 3.63) is 60.7 Å². The zero-order chi connectivity index (χ0) is 18.4. The van der Waals surface area contributed by atoms with E-state index in [0.29, 0.717) is 41.5 Å². The van der Waals surface area contributed by atoms with Crippen LogP contribution in [-0.2, 0) is 19.4 Å². The number of aryl methyl sites for hydroxylation is 2. The van der Waals surface area contributed by atoms with Gasteiger partial charge in [0.1, 0.15) is 11.4 Å². The molecule has 2 aromatic rings. The molecule has 0 radical (unpaired) electrons. The summed E-state index contributed by atoms with van der Waals surface area (Å²) in [5.41, 5.74) is 2.41. The van der Waals surface area contributed by atoms with Gasteiger partial charge in [-0.15, -0.1) is 0 Å². The molecule has 1 amide bonds. The molecule has 0 bridgehead atoms. The minimum atomic E-state index is -0.369. The Labute approximate surface area is 150 Å². The number of nitrogens with zero attached hydrogens (tertiary/aromatic N) is 2. The lowest BCUT2D eigenvalue weighted by molar-refractivity contribution is 0.0728. The molecule has 0 aromatic carbocycles. The van der Waals surface area contributed by atoms with Crippen LogP contribution in [0.15, 0.2) is 15.7 Å². The summed E-state index contributed by atoms with van der Waals surface area (Å²) in [6.45, 7) is 4.23. The largest absolute Gasteiger partial charge is 0.332 e. The van der Waals surface area contributed by atoms with E-state index in [-0.39, 0.29) is 29.1 Å². The SMILES string of the molecule is Cc1cc(C)c(C(=O)N2CCc3c(nc(CC4CC4)[nH]c3=O)C2)c(=O)[nH]1. The molecule has 4 rings (SSSR count). The fourth-order valence-corrected chi connectivity index (χ4v) is 3.63. The van der Waals surface area contributed by atoms with Crippen LogP contribution in [0.25, 0.3) is 0 Å². The molecular formula is C19H22N4O3. The van der Waals surface area contributed by atoms with Crippen LogP contribution < -0.4 is 11.1 Å². The molecule has 136 valence electrons. The predicted octanol–water partition coefficient (Wildman–Crippen LogP) is 1.23. The molecule has 2 N–H and O–H groups in total. The van der Waals surface area contributed by atoms with Gasteiger partial charge < -0.3 is 14.9 Å². The van der Waals surface area contributed by atoms with Crippen LogP contribution in [0.4, 0.5) is 0 Å². The Morgan fingerprint density at radius 2 is 2.00 bits per heavy atom. The molecule has 7 heteroatoms. The fourth-order valence-electron chi connectivity index (χ4n) is 3.63.